The van der Waals surface area contributed by atoms with Crippen molar-refractivity contribution >= 4 is 11.6 Å². The highest BCUT2D eigenvalue weighted by Crippen LogP contribution is 2.34. The zero-order valence-corrected chi connectivity index (χ0v) is 10.2. The molecule has 0 aromatic heterocycles. The smallest absolute Gasteiger partial charge is 0.368 e. The second-order valence-corrected chi connectivity index (χ2v) is 4.39. The van der Waals surface area contributed by atoms with Gasteiger partial charge >= 0.3 is 6.18 Å². The van der Waals surface area contributed by atoms with Crippen LogP contribution < -0.4 is 5.32 Å². The van der Waals surface area contributed by atoms with Gasteiger partial charge < -0.3 is 10.1 Å². The van der Waals surface area contributed by atoms with Gasteiger partial charge in [0.15, 0.2) is 0 Å². The Labute approximate surface area is 108 Å². The van der Waals surface area contributed by atoms with E-state index in [4.69, 9.17) is 4.74 Å². The number of benzene rings is 1. The lowest BCUT2D eigenvalue weighted by atomic mass is 10.1. The SMILES string of the molecule is O=C(Nc1ccccc1C(F)(F)F)C1CCCCO1. The summed E-state index contributed by atoms with van der Waals surface area (Å²) in [4.78, 5) is 11.8. The van der Waals surface area contributed by atoms with Gasteiger partial charge in [0.1, 0.15) is 6.10 Å². The minimum atomic E-state index is -4.49. The van der Waals surface area contributed by atoms with Crippen molar-refractivity contribution in [2.45, 2.75) is 31.5 Å². The third kappa shape index (κ3) is 3.47. The summed E-state index contributed by atoms with van der Waals surface area (Å²) in [7, 11) is 0. The molecule has 1 unspecified atom stereocenters. The summed E-state index contributed by atoms with van der Waals surface area (Å²) in [6.07, 6.45) is -2.88. The fourth-order valence-corrected chi connectivity index (χ4v) is 2.00. The highest BCUT2D eigenvalue weighted by molar-refractivity contribution is 5.95. The zero-order valence-electron chi connectivity index (χ0n) is 10.2. The van der Waals surface area contributed by atoms with E-state index in [0.717, 1.165) is 18.9 Å². The van der Waals surface area contributed by atoms with Gasteiger partial charge in [-0.25, -0.2) is 0 Å². The second-order valence-electron chi connectivity index (χ2n) is 4.39. The number of alkyl halides is 3. The molecule has 104 valence electrons. The number of hydrogen-bond acceptors (Lipinski definition) is 2. The molecule has 2 rings (SSSR count). The van der Waals surface area contributed by atoms with E-state index in [1.165, 1.54) is 18.2 Å². The highest BCUT2D eigenvalue weighted by Gasteiger charge is 2.34. The minimum absolute atomic E-state index is 0.228. The molecule has 1 aliphatic rings. The standard InChI is InChI=1S/C13H14F3NO2/c14-13(15,16)9-5-1-2-6-10(9)17-12(18)11-7-3-4-8-19-11/h1-2,5-6,11H,3-4,7-8H2,(H,17,18). The third-order valence-corrected chi connectivity index (χ3v) is 2.96. The first-order valence-corrected chi connectivity index (χ1v) is 6.07. The molecule has 1 heterocycles. The van der Waals surface area contributed by atoms with Crippen LogP contribution in [0.15, 0.2) is 24.3 Å². The zero-order chi connectivity index (χ0) is 13.9. The van der Waals surface area contributed by atoms with E-state index in [9.17, 15) is 18.0 Å². The Kier molecular flexibility index (Phi) is 4.09. The molecule has 0 aliphatic carbocycles. The number of carbonyl (C=O) groups is 1. The summed E-state index contributed by atoms with van der Waals surface area (Å²) < 4.78 is 43.5. The maximum Gasteiger partial charge on any atom is 0.418 e. The van der Waals surface area contributed by atoms with Crippen molar-refractivity contribution in [1.29, 1.82) is 0 Å². The Morgan fingerprint density at radius 1 is 1.26 bits per heavy atom. The lowest BCUT2D eigenvalue weighted by Gasteiger charge is -2.22. The first-order valence-electron chi connectivity index (χ1n) is 6.07. The van der Waals surface area contributed by atoms with Gasteiger partial charge in [0.2, 0.25) is 0 Å². The summed E-state index contributed by atoms with van der Waals surface area (Å²) in [6, 6.07) is 4.92. The lowest BCUT2D eigenvalue weighted by molar-refractivity contribution is -0.137. The van der Waals surface area contributed by atoms with Crippen LogP contribution in [0.2, 0.25) is 0 Å². The topological polar surface area (TPSA) is 38.3 Å². The van der Waals surface area contributed by atoms with Crippen LogP contribution in [0.1, 0.15) is 24.8 Å². The van der Waals surface area contributed by atoms with Crippen molar-refractivity contribution in [1.82, 2.24) is 0 Å². The molecule has 1 aromatic rings. The number of amides is 1. The molecule has 6 heteroatoms. The molecule has 1 aliphatic heterocycles. The van der Waals surface area contributed by atoms with Crippen molar-refractivity contribution in [3.63, 3.8) is 0 Å². The van der Waals surface area contributed by atoms with Gasteiger partial charge in [0.05, 0.1) is 11.3 Å². The fourth-order valence-electron chi connectivity index (χ4n) is 2.00. The molecular formula is C13H14F3NO2. The van der Waals surface area contributed by atoms with E-state index < -0.39 is 23.8 Å². The molecule has 1 fully saturated rings. The molecule has 0 radical (unpaired) electrons. The predicted molar refractivity (Wildman–Crippen MR) is 63.7 cm³/mol. The van der Waals surface area contributed by atoms with Crippen molar-refractivity contribution < 1.29 is 22.7 Å². The molecule has 1 N–H and O–H groups in total. The maximum atomic E-state index is 12.8. The molecule has 1 saturated heterocycles. The average molecular weight is 273 g/mol. The molecule has 0 saturated carbocycles. The van der Waals surface area contributed by atoms with Crippen molar-refractivity contribution in [2.75, 3.05) is 11.9 Å². The predicted octanol–water partition coefficient (Wildman–Crippen LogP) is 3.21. The van der Waals surface area contributed by atoms with Crippen LogP contribution >= 0.6 is 0 Å². The van der Waals surface area contributed by atoms with Gasteiger partial charge in [-0.15, -0.1) is 0 Å². The van der Waals surface area contributed by atoms with Crippen LogP contribution in [0.3, 0.4) is 0 Å². The Morgan fingerprint density at radius 2 is 2.00 bits per heavy atom. The first-order chi connectivity index (χ1) is 8.98. The third-order valence-electron chi connectivity index (χ3n) is 2.96. The minimum Gasteiger partial charge on any atom is -0.368 e. The van der Waals surface area contributed by atoms with Gasteiger partial charge in [-0.05, 0) is 31.4 Å². The van der Waals surface area contributed by atoms with E-state index in [1.54, 1.807) is 0 Å². The monoisotopic (exact) mass is 273 g/mol. The van der Waals surface area contributed by atoms with Gasteiger partial charge in [0.25, 0.3) is 5.91 Å². The van der Waals surface area contributed by atoms with E-state index in [0.29, 0.717) is 13.0 Å². The average Bonchev–Trinajstić information content (AvgIpc) is 2.39. The molecular weight excluding hydrogens is 259 g/mol. The summed E-state index contributed by atoms with van der Waals surface area (Å²) >= 11 is 0. The Balaban J connectivity index is 2.12. The van der Waals surface area contributed by atoms with Crippen LogP contribution in [0.5, 0.6) is 0 Å². The van der Waals surface area contributed by atoms with Crippen molar-refractivity contribution in [3.05, 3.63) is 29.8 Å². The fraction of sp³-hybridized carbons (Fsp3) is 0.462. The largest absolute Gasteiger partial charge is 0.418 e. The summed E-state index contributed by atoms with van der Waals surface area (Å²) in [5, 5.41) is 2.30. The summed E-state index contributed by atoms with van der Waals surface area (Å²) in [5.41, 5.74) is -1.08. The van der Waals surface area contributed by atoms with E-state index in [1.807, 2.05) is 0 Å². The van der Waals surface area contributed by atoms with Crippen LogP contribution in [0.4, 0.5) is 18.9 Å². The van der Waals surface area contributed by atoms with Gasteiger partial charge in [-0.1, -0.05) is 12.1 Å². The van der Waals surface area contributed by atoms with E-state index >= 15 is 0 Å². The number of rotatable bonds is 2. The van der Waals surface area contributed by atoms with Crippen LogP contribution in [-0.2, 0) is 15.7 Å². The Hall–Kier alpha value is -1.56. The van der Waals surface area contributed by atoms with Gasteiger partial charge in [0, 0.05) is 6.61 Å². The van der Waals surface area contributed by atoms with Crippen LogP contribution in [0, 0.1) is 0 Å². The maximum absolute atomic E-state index is 12.8. The van der Waals surface area contributed by atoms with Gasteiger partial charge in [-0.2, -0.15) is 13.2 Å². The second kappa shape index (κ2) is 5.61. The number of hydrogen-bond donors (Lipinski definition) is 1. The molecule has 0 spiro atoms. The van der Waals surface area contributed by atoms with Crippen molar-refractivity contribution in [3.8, 4) is 0 Å². The molecule has 1 atom stereocenters. The highest BCUT2D eigenvalue weighted by atomic mass is 19.4. The number of nitrogens with one attached hydrogen (secondary N) is 1. The Bertz CT molecular complexity index is 453. The number of halogens is 3. The molecule has 1 amide bonds. The lowest BCUT2D eigenvalue weighted by Crippen LogP contribution is -2.33. The molecule has 19 heavy (non-hydrogen) atoms. The summed E-state index contributed by atoms with van der Waals surface area (Å²) in [6.45, 7) is 0.471. The van der Waals surface area contributed by atoms with Crippen LogP contribution in [-0.4, -0.2) is 18.6 Å². The number of para-hydroxylation sites is 1. The summed E-state index contributed by atoms with van der Waals surface area (Å²) in [5.74, 6) is -0.517. The first kappa shape index (κ1) is 13.9. The quantitative estimate of drug-likeness (QED) is 0.898. The van der Waals surface area contributed by atoms with E-state index in [-0.39, 0.29) is 5.69 Å². The van der Waals surface area contributed by atoms with E-state index in [2.05, 4.69) is 5.32 Å². The molecule has 0 bridgehead atoms. The van der Waals surface area contributed by atoms with Crippen LogP contribution in [0.25, 0.3) is 0 Å². The van der Waals surface area contributed by atoms with Gasteiger partial charge in [-0.3, -0.25) is 4.79 Å². The number of ether oxygens (including phenoxy) is 1. The Morgan fingerprint density at radius 3 is 2.63 bits per heavy atom. The molecule has 3 nitrogen and oxygen atoms in total. The number of anilines is 1. The number of carbonyl (C=O) groups excluding carboxylic acids is 1. The molecule has 1 aromatic carbocycles. The van der Waals surface area contributed by atoms with Crippen molar-refractivity contribution in [2.24, 2.45) is 0 Å². The normalized spacial score (nSPS) is 20.1.